The molecule has 2 aromatic carbocycles. The first-order valence-electron chi connectivity index (χ1n) is 8.76. The van der Waals surface area contributed by atoms with Crippen molar-refractivity contribution < 1.29 is 19.1 Å². The van der Waals surface area contributed by atoms with E-state index in [2.05, 4.69) is 0 Å². The van der Waals surface area contributed by atoms with Gasteiger partial charge in [0.1, 0.15) is 11.5 Å². The molecule has 0 radical (unpaired) electrons. The number of ether oxygens (including phenoxy) is 2. The molecule has 0 atom stereocenters. The Morgan fingerprint density at radius 2 is 1.64 bits per heavy atom. The van der Waals surface area contributed by atoms with Gasteiger partial charge in [-0.15, -0.1) is 11.3 Å². The summed E-state index contributed by atoms with van der Waals surface area (Å²) in [6.07, 6.45) is -0.418. The van der Waals surface area contributed by atoms with Gasteiger partial charge in [0.15, 0.2) is 0 Å². The van der Waals surface area contributed by atoms with Crippen LogP contribution in [0, 0.1) is 0 Å². The smallest absolute Gasteiger partial charge is 0.410 e. The molecule has 0 unspecified atom stereocenters. The summed E-state index contributed by atoms with van der Waals surface area (Å²) in [7, 11) is 3.05. The Kier molecular flexibility index (Phi) is 6.45. The van der Waals surface area contributed by atoms with E-state index in [0.717, 1.165) is 21.6 Å². The topological polar surface area (TPSA) is 55.8 Å². The number of rotatable bonds is 6. The zero-order valence-electron chi connectivity index (χ0n) is 15.8. The van der Waals surface area contributed by atoms with Crippen molar-refractivity contribution in [3.8, 4) is 11.1 Å². The number of carbonyl (C=O) groups excluding carboxylic acids is 2. The van der Waals surface area contributed by atoms with Gasteiger partial charge in [0.2, 0.25) is 0 Å². The van der Waals surface area contributed by atoms with Crippen LogP contribution in [0.5, 0.6) is 0 Å². The van der Waals surface area contributed by atoms with E-state index in [4.69, 9.17) is 9.47 Å². The van der Waals surface area contributed by atoms with Gasteiger partial charge < -0.3 is 14.4 Å². The highest BCUT2D eigenvalue weighted by molar-refractivity contribution is 7.14. The number of methoxy groups -OCH3 is 1. The number of thiophene rings is 1. The minimum Gasteiger partial charge on any atom is -0.465 e. The van der Waals surface area contributed by atoms with Crippen LogP contribution in [0.4, 0.5) is 4.79 Å². The Hall–Kier alpha value is -3.12. The fourth-order valence-electron chi connectivity index (χ4n) is 2.75. The predicted molar refractivity (Wildman–Crippen MR) is 109 cm³/mol. The van der Waals surface area contributed by atoms with Crippen LogP contribution in [0.2, 0.25) is 0 Å². The second-order valence-corrected chi connectivity index (χ2v) is 7.35. The molecule has 0 spiro atoms. The number of esters is 1. The van der Waals surface area contributed by atoms with Gasteiger partial charge in [-0.1, -0.05) is 60.7 Å². The molecule has 0 bridgehead atoms. The lowest BCUT2D eigenvalue weighted by Gasteiger charge is -2.16. The van der Waals surface area contributed by atoms with E-state index in [9.17, 15) is 9.59 Å². The van der Waals surface area contributed by atoms with Gasteiger partial charge in [-0.25, -0.2) is 9.59 Å². The van der Waals surface area contributed by atoms with Crippen molar-refractivity contribution in [3.05, 3.63) is 82.0 Å². The molecule has 3 aromatic rings. The van der Waals surface area contributed by atoms with E-state index in [0.29, 0.717) is 11.4 Å². The Bertz CT molecular complexity index is 938. The molecule has 0 N–H and O–H groups in total. The van der Waals surface area contributed by atoms with Gasteiger partial charge in [-0.2, -0.15) is 0 Å². The lowest BCUT2D eigenvalue weighted by atomic mass is 10.1. The summed E-state index contributed by atoms with van der Waals surface area (Å²) in [6, 6.07) is 21.2. The fourth-order valence-corrected chi connectivity index (χ4v) is 3.76. The largest absolute Gasteiger partial charge is 0.465 e. The Balaban J connectivity index is 1.69. The molecule has 3 rings (SSSR count). The molecular formula is C22H21NO4S. The molecule has 0 aliphatic heterocycles. The minimum atomic E-state index is -0.418. The van der Waals surface area contributed by atoms with E-state index in [1.807, 2.05) is 66.7 Å². The molecule has 0 saturated carbocycles. The van der Waals surface area contributed by atoms with Crippen molar-refractivity contribution in [1.29, 1.82) is 0 Å². The highest BCUT2D eigenvalue weighted by atomic mass is 32.1. The maximum absolute atomic E-state index is 12.3. The zero-order valence-corrected chi connectivity index (χ0v) is 16.6. The van der Waals surface area contributed by atoms with Crippen molar-refractivity contribution in [2.45, 2.75) is 13.2 Å². The summed E-state index contributed by atoms with van der Waals surface area (Å²) < 4.78 is 10.3. The number of benzene rings is 2. The summed E-state index contributed by atoms with van der Waals surface area (Å²) >= 11 is 1.27. The molecular weight excluding hydrogens is 374 g/mol. The number of nitrogens with zero attached hydrogens (tertiary/aromatic N) is 1. The second kappa shape index (κ2) is 9.19. The number of amides is 1. The summed E-state index contributed by atoms with van der Waals surface area (Å²) in [5, 5.41) is 0. The van der Waals surface area contributed by atoms with Gasteiger partial charge in [-0.05, 0) is 17.2 Å². The third kappa shape index (κ3) is 4.78. The molecule has 1 aromatic heterocycles. The first kappa shape index (κ1) is 19.6. The maximum Gasteiger partial charge on any atom is 0.410 e. The molecule has 0 aliphatic carbocycles. The lowest BCUT2D eigenvalue weighted by Crippen LogP contribution is -2.26. The van der Waals surface area contributed by atoms with Gasteiger partial charge >= 0.3 is 12.1 Å². The lowest BCUT2D eigenvalue weighted by molar-refractivity contribution is 0.0607. The molecule has 1 heterocycles. The van der Waals surface area contributed by atoms with Crippen molar-refractivity contribution in [3.63, 3.8) is 0 Å². The van der Waals surface area contributed by atoms with Crippen molar-refractivity contribution in [1.82, 2.24) is 4.90 Å². The summed E-state index contributed by atoms with van der Waals surface area (Å²) in [5.41, 5.74) is 2.72. The van der Waals surface area contributed by atoms with Crippen molar-refractivity contribution >= 4 is 23.4 Å². The average Bonchev–Trinajstić information content (AvgIpc) is 3.17. The van der Waals surface area contributed by atoms with Crippen LogP contribution < -0.4 is 0 Å². The molecule has 28 heavy (non-hydrogen) atoms. The number of hydrogen-bond donors (Lipinski definition) is 0. The zero-order chi connectivity index (χ0) is 19.9. The highest BCUT2D eigenvalue weighted by Crippen LogP contribution is 2.32. The minimum absolute atomic E-state index is 0.0967. The normalized spacial score (nSPS) is 10.4. The Morgan fingerprint density at radius 1 is 1.00 bits per heavy atom. The fraction of sp³-hybridized carbons (Fsp3) is 0.182. The van der Waals surface area contributed by atoms with Crippen LogP contribution in [0.3, 0.4) is 0 Å². The van der Waals surface area contributed by atoms with Gasteiger partial charge in [0, 0.05) is 24.0 Å². The number of hydrogen-bond acceptors (Lipinski definition) is 5. The van der Waals surface area contributed by atoms with Gasteiger partial charge in [0.25, 0.3) is 0 Å². The standard InChI is InChI=1S/C22H21NO4S/c1-23(14-16-9-5-3-6-10-16)22(25)27-15-18-13-19(17-11-7-4-8-12-17)20(28-18)21(24)26-2/h3-13H,14-15H2,1-2H3. The quantitative estimate of drug-likeness (QED) is 0.553. The molecule has 6 heteroatoms. The predicted octanol–water partition coefficient (Wildman–Crippen LogP) is 4.97. The highest BCUT2D eigenvalue weighted by Gasteiger charge is 2.19. The molecule has 0 saturated heterocycles. The van der Waals surface area contributed by atoms with Crippen molar-refractivity contribution in [2.24, 2.45) is 0 Å². The summed E-state index contributed by atoms with van der Waals surface area (Å²) in [4.78, 5) is 27.2. The monoisotopic (exact) mass is 395 g/mol. The first-order chi connectivity index (χ1) is 13.6. The first-order valence-corrected chi connectivity index (χ1v) is 9.58. The Morgan fingerprint density at radius 3 is 2.29 bits per heavy atom. The summed E-state index contributed by atoms with van der Waals surface area (Å²) in [5.74, 6) is -0.400. The van der Waals surface area contributed by atoms with E-state index in [-0.39, 0.29) is 6.61 Å². The van der Waals surface area contributed by atoms with Crippen LogP contribution in [0.15, 0.2) is 66.7 Å². The maximum atomic E-state index is 12.3. The number of carbonyl (C=O) groups is 2. The molecule has 1 amide bonds. The van der Waals surface area contributed by atoms with Crippen molar-refractivity contribution in [2.75, 3.05) is 14.2 Å². The average molecular weight is 395 g/mol. The van der Waals surface area contributed by atoms with Crippen LogP contribution in [0.25, 0.3) is 11.1 Å². The Labute approximate surface area is 168 Å². The SMILES string of the molecule is COC(=O)c1sc(COC(=O)N(C)Cc2ccccc2)cc1-c1ccccc1. The molecule has 144 valence electrons. The van der Waals surface area contributed by atoms with Gasteiger partial charge in [-0.3, -0.25) is 0 Å². The molecule has 0 aliphatic rings. The van der Waals surface area contributed by atoms with Crippen LogP contribution in [0.1, 0.15) is 20.1 Å². The summed E-state index contributed by atoms with van der Waals surface area (Å²) in [6.45, 7) is 0.562. The van der Waals surface area contributed by atoms with Crippen LogP contribution in [-0.4, -0.2) is 31.1 Å². The third-order valence-electron chi connectivity index (χ3n) is 4.15. The molecule has 0 fully saturated rings. The second-order valence-electron chi connectivity index (χ2n) is 6.21. The van der Waals surface area contributed by atoms with E-state index in [1.165, 1.54) is 23.3 Å². The molecule has 5 nitrogen and oxygen atoms in total. The van der Waals surface area contributed by atoms with Gasteiger partial charge in [0.05, 0.1) is 7.11 Å². The van der Waals surface area contributed by atoms with E-state index in [1.54, 1.807) is 7.05 Å². The van der Waals surface area contributed by atoms with E-state index >= 15 is 0 Å². The third-order valence-corrected chi connectivity index (χ3v) is 5.24. The van der Waals surface area contributed by atoms with Crippen LogP contribution >= 0.6 is 11.3 Å². The van der Waals surface area contributed by atoms with E-state index < -0.39 is 12.1 Å². The van der Waals surface area contributed by atoms with Crippen LogP contribution in [-0.2, 0) is 22.6 Å².